The molecule has 1 saturated heterocycles. The number of halogens is 2. The first kappa shape index (κ1) is 23.8. The molecule has 0 saturated carbocycles. The topological polar surface area (TPSA) is 100 Å². The fourth-order valence-electron chi connectivity index (χ4n) is 3.52. The van der Waals surface area contributed by atoms with Crippen molar-refractivity contribution in [1.82, 2.24) is 24.6 Å². The predicted octanol–water partition coefficient (Wildman–Crippen LogP) is 3.29. The minimum absolute atomic E-state index is 0.00974. The monoisotopic (exact) mass is 513 g/mol. The Bertz CT molecular complexity index is 1480. The lowest BCUT2D eigenvalue weighted by Gasteiger charge is -2.25. The smallest absolute Gasteiger partial charge is 0.350 e. The Morgan fingerprint density at radius 1 is 1.22 bits per heavy atom. The lowest BCUT2D eigenvalue weighted by molar-refractivity contribution is -0.0298. The van der Waals surface area contributed by atoms with Crippen LogP contribution in [0.25, 0.3) is 5.69 Å². The van der Waals surface area contributed by atoms with Crippen LogP contribution in [0.1, 0.15) is 21.1 Å². The van der Waals surface area contributed by atoms with Gasteiger partial charge in [-0.05, 0) is 25.1 Å². The van der Waals surface area contributed by atoms with Crippen molar-refractivity contribution in [3.05, 3.63) is 87.2 Å². The highest BCUT2D eigenvalue weighted by Gasteiger charge is 2.22. The number of aryl methyl sites for hydroxylation is 1. The molecule has 0 aliphatic carbocycles. The molecule has 0 unspecified atom stereocenters. The second kappa shape index (κ2) is 9.99. The van der Waals surface area contributed by atoms with E-state index in [-0.39, 0.29) is 34.0 Å². The zero-order chi connectivity index (χ0) is 25.2. The average molecular weight is 514 g/mol. The van der Waals surface area contributed by atoms with Gasteiger partial charge in [0.05, 0.1) is 31.1 Å². The first-order valence-corrected chi connectivity index (χ1v) is 11.9. The third-order valence-electron chi connectivity index (χ3n) is 5.60. The molecule has 1 fully saturated rings. The van der Waals surface area contributed by atoms with Crippen molar-refractivity contribution in [2.75, 3.05) is 19.8 Å². The SMILES string of the molecule is Cc1nc(C(=O)NCC2COC2)sc1Oc1ccc(-n2ncn(Cc3ccccc3F)c2=O)cc1F. The maximum atomic E-state index is 14.9. The standard InChI is InChI=1S/C24H21F2N5O4S/c1-14-23(36-22(29-14)21(32)27-9-15-11-34-12-15)35-20-7-6-17(8-19(20)26)31-24(33)30(13-28-31)10-16-4-2-3-5-18(16)25/h2-8,13,15H,9-12H2,1H3,(H,27,32). The maximum absolute atomic E-state index is 14.9. The van der Waals surface area contributed by atoms with Crippen molar-refractivity contribution >= 4 is 17.2 Å². The van der Waals surface area contributed by atoms with E-state index in [1.54, 1.807) is 25.1 Å². The highest BCUT2D eigenvalue weighted by Crippen LogP contribution is 2.33. The molecule has 9 nitrogen and oxygen atoms in total. The Hall–Kier alpha value is -3.90. The van der Waals surface area contributed by atoms with E-state index >= 15 is 0 Å². The number of carbonyl (C=O) groups excluding carboxylic acids is 1. The number of rotatable bonds is 8. The summed E-state index contributed by atoms with van der Waals surface area (Å²) in [6.07, 6.45) is 1.27. The number of hydrogen-bond acceptors (Lipinski definition) is 7. The summed E-state index contributed by atoms with van der Waals surface area (Å²) >= 11 is 1.01. The van der Waals surface area contributed by atoms with E-state index in [0.717, 1.165) is 22.1 Å². The molecular formula is C24H21F2N5O4S. The van der Waals surface area contributed by atoms with Crippen molar-refractivity contribution in [3.8, 4) is 16.5 Å². The van der Waals surface area contributed by atoms with Crippen LogP contribution >= 0.6 is 11.3 Å². The third-order valence-corrected chi connectivity index (χ3v) is 6.64. The normalized spacial score (nSPS) is 13.4. The first-order valence-electron chi connectivity index (χ1n) is 11.1. The van der Waals surface area contributed by atoms with Crippen LogP contribution in [0.4, 0.5) is 8.78 Å². The Morgan fingerprint density at radius 2 is 2.03 bits per heavy atom. The van der Waals surface area contributed by atoms with Crippen molar-refractivity contribution < 1.29 is 23.0 Å². The molecule has 2 aromatic heterocycles. The van der Waals surface area contributed by atoms with Gasteiger partial charge >= 0.3 is 5.69 Å². The van der Waals surface area contributed by atoms with Gasteiger partial charge in [0.15, 0.2) is 16.6 Å². The molecule has 1 N–H and O–H groups in total. The Balaban J connectivity index is 1.30. The van der Waals surface area contributed by atoms with Gasteiger partial charge in [-0.25, -0.2) is 18.6 Å². The van der Waals surface area contributed by atoms with Crippen LogP contribution in [-0.4, -0.2) is 45.0 Å². The highest BCUT2D eigenvalue weighted by molar-refractivity contribution is 7.15. The van der Waals surface area contributed by atoms with Crippen molar-refractivity contribution in [1.29, 1.82) is 0 Å². The second-order valence-corrected chi connectivity index (χ2v) is 9.23. The molecule has 36 heavy (non-hydrogen) atoms. The molecule has 2 aromatic carbocycles. The third kappa shape index (κ3) is 4.90. The number of nitrogens with zero attached hydrogens (tertiary/aromatic N) is 4. The van der Waals surface area contributed by atoms with Crippen molar-refractivity contribution in [3.63, 3.8) is 0 Å². The van der Waals surface area contributed by atoms with Gasteiger partial charge in [-0.15, -0.1) is 0 Å². The summed E-state index contributed by atoms with van der Waals surface area (Å²) < 4.78 is 41.8. The van der Waals surface area contributed by atoms with Gasteiger partial charge in [-0.3, -0.25) is 9.36 Å². The van der Waals surface area contributed by atoms with Gasteiger partial charge in [0.1, 0.15) is 12.1 Å². The molecular weight excluding hydrogens is 492 g/mol. The minimum Gasteiger partial charge on any atom is -0.442 e. The van der Waals surface area contributed by atoms with Gasteiger partial charge in [0.25, 0.3) is 5.91 Å². The van der Waals surface area contributed by atoms with Gasteiger partial charge in [-0.1, -0.05) is 29.5 Å². The van der Waals surface area contributed by atoms with Crippen LogP contribution in [0.2, 0.25) is 0 Å². The lowest BCUT2D eigenvalue weighted by atomic mass is 10.1. The zero-order valence-electron chi connectivity index (χ0n) is 19.1. The molecule has 0 radical (unpaired) electrons. The number of hydrogen-bond donors (Lipinski definition) is 1. The fourth-order valence-corrected chi connectivity index (χ4v) is 4.37. The predicted molar refractivity (Wildman–Crippen MR) is 127 cm³/mol. The van der Waals surface area contributed by atoms with E-state index in [4.69, 9.17) is 9.47 Å². The van der Waals surface area contributed by atoms with E-state index in [1.165, 1.54) is 29.1 Å². The maximum Gasteiger partial charge on any atom is 0.350 e. The molecule has 1 amide bonds. The molecule has 3 heterocycles. The van der Waals surface area contributed by atoms with Crippen LogP contribution in [0.3, 0.4) is 0 Å². The summed E-state index contributed by atoms with van der Waals surface area (Å²) in [6.45, 7) is 3.40. The summed E-state index contributed by atoms with van der Waals surface area (Å²) in [7, 11) is 0. The Morgan fingerprint density at radius 3 is 2.75 bits per heavy atom. The lowest BCUT2D eigenvalue weighted by Crippen LogP contribution is -2.39. The molecule has 4 aromatic rings. The molecule has 5 rings (SSSR count). The van der Waals surface area contributed by atoms with Crippen LogP contribution in [-0.2, 0) is 11.3 Å². The van der Waals surface area contributed by atoms with E-state index in [9.17, 15) is 18.4 Å². The summed E-state index contributed by atoms with van der Waals surface area (Å²) in [4.78, 5) is 29.3. The summed E-state index contributed by atoms with van der Waals surface area (Å²) in [5.41, 5.74) is 0.412. The summed E-state index contributed by atoms with van der Waals surface area (Å²) in [5, 5.41) is 7.32. The van der Waals surface area contributed by atoms with Crippen LogP contribution in [0.5, 0.6) is 10.8 Å². The average Bonchev–Trinajstić information content (AvgIpc) is 3.38. The number of nitrogens with one attached hydrogen (secondary N) is 1. The van der Waals surface area contributed by atoms with Crippen LogP contribution in [0, 0.1) is 24.5 Å². The number of amides is 1. The van der Waals surface area contributed by atoms with Gasteiger partial charge in [0.2, 0.25) is 5.06 Å². The zero-order valence-corrected chi connectivity index (χ0v) is 19.9. The quantitative estimate of drug-likeness (QED) is 0.388. The van der Waals surface area contributed by atoms with Crippen molar-refractivity contribution in [2.45, 2.75) is 13.5 Å². The Kier molecular flexibility index (Phi) is 6.61. The molecule has 0 bridgehead atoms. The number of aromatic nitrogens is 4. The first-order chi connectivity index (χ1) is 17.4. The van der Waals surface area contributed by atoms with E-state index in [2.05, 4.69) is 15.4 Å². The highest BCUT2D eigenvalue weighted by atomic mass is 32.1. The van der Waals surface area contributed by atoms with Crippen LogP contribution < -0.4 is 15.7 Å². The summed E-state index contributed by atoms with van der Waals surface area (Å²) in [6, 6.07) is 10.1. The summed E-state index contributed by atoms with van der Waals surface area (Å²) in [5.74, 6) is -1.28. The van der Waals surface area contributed by atoms with Crippen LogP contribution in [0.15, 0.2) is 53.6 Å². The largest absolute Gasteiger partial charge is 0.442 e. The van der Waals surface area contributed by atoms with Crippen molar-refractivity contribution in [2.24, 2.45) is 5.92 Å². The molecule has 1 aliphatic rings. The van der Waals surface area contributed by atoms with E-state index in [1.807, 2.05) is 0 Å². The number of ether oxygens (including phenoxy) is 2. The van der Waals surface area contributed by atoms with Gasteiger partial charge in [0, 0.05) is 24.1 Å². The number of thiazole rings is 1. The molecule has 0 spiro atoms. The molecule has 186 valence electrons. The number of benzene rings is 2. The van der Waals surface area contributed by atoms with E-state index < -0.39 is 17.3 Å². The molecule has 1 aliphatic heterocycles. The fraction of sp³-hybridized carbons (Fsp3) is 0.250. The number of carbonyl (C=O) groups is 1. The molecule has 12 heteroatoms. The minimum atomic E-state index is -0.730. The second-order valence-electron chi connectivity index (χ2n) is 8.27. The van der Waals surface area contributed by atoms with Gasteiger partial charge in [-0.2, -0.15) is 9.78 Å². The van der Waals surface area contributed by atoms with Gasteiger partial charge < -0.3 is 14.8 Å². The molecule has 0 atom stereocenters. The Labute approximate surface area is 207 Å². The van der Waals surface area contributed by atoms with E-state index in [0.29, 0.717) is 36.9 Å².